The molecule has 0 unspecified atom stereocenters. The zero-order valence-electron chi connectivity index (χ0n) is 14.5. The van der Waals surface area contributed by atoms with E-state index in [2.05, 4.69) is 11.1 Å². The van der Waals surface area contributed by atoms with Crippen molar-refractivity contribution in [2.45, 2.75) is 33.7 Å². The number of esters is 1. The third-order valence-corrected chi connectivity index (χ3v) is 4.98. The van der Waals surface area contributed by atoms with Gasteiger partial charge in [0, 0.05) is 17.5 Å². The number of rotatable bonds is 5. The van der Waals surface area contributed by atoms with Gasteiger partial charge in [0.2, 0.25) is 0 Å². The molecule has 0 spiro atoms. The van der Waals surface area contributed by atoms with E-state index in [-0.39, 0.29) is 24.5 Å². The first-order valence-electron chi connectivity index (χ1n) is 8.21. The lowest BCUT2D eigenvalue weighted by Gasteiger charge is -2.08. The van der Waals surface area contributed by atoms with Crippen LogP contribution in [0, 0.1) is 13.8 Å². The predicted octanol–water partition coefficient (Wildman–Crippen LogP) is 3.70. The fraction of sp³-hybridized carbons (Fsp3) is 0.316. The number of fused-ring (bicyclic) bond motifs is 1. The van der Waals surface area contributed by atoms with Gasteiger partial charge in [0.15, 0.2) is 0 Å². The average Bonchev–Trinajstić information content (AvgIpc) is 2.99. The Morgan fingerprint density at radius 3 is 2.80 bits per heavy atom. The van der Waals surface area contributed by atoms with Crippen molar-refractivity contribution >= 4 is 27.5 Å². The lowest BCUT2D eigenvalue weighted by atomic mass is 9.99. The van der Waals surface area contributed by atoms with Crippen LogP contribution in [0.3, 0.4) is 0 Å². The lowest BCUT2D eigenvalue weighted by Crippen LogP contribution is -2.22. The second-order valence-electron chi connectivity index (χ2n) is 5.95. The van der Waals surface area contributed by atoms with Crippen LogP contribution in [-0.2, 0) is 16.1 Å². The highest BCUT2D eigenvalue weighted by atomic mass is 32.1. The molecule has 0 fully saturated rings. The Bertz CT molecular complexity index is 988. The Morgan fingerprint density at radius 2 is 2.08 bits per heavy atom. The summed E-state index contributed by atoms with van der Waals surface area (Å²) in [5.74, 6) is -0.311. The van der Waals surface area contributed by atoms with Gasteiger partial charge in [-0.3, -0.25) is 14.2 Å². The summed E-state index contributed by atoms with van der Waals surface area (Å²) in [6.45, 7) is 6.46. The minimum absolute atomic E-state index is 0.120. The highest BCUT2D eigenvalue weighted by molar-refractivity contribution is 7.17. The zero-order valence-corrected chi connectivity index (χ0v) is 15.4. The van der Waals surface area contributed by atoms with Crippen molar-refractivity contribution in [3.05, 3.63) is 51.4 Å². The van der Waals surface area contributed by atoms with E-state index >= 15 is 0 Å². The Hall–Kier alpha value is -2.47. The van der Waals surface area contributed by atoms with Crippen molar-refractivity contribution < 1.29 is 9.53 Å². The van der Waals surface area contributed by atoms with Gasteiger partial charge in [-0.05, 0) is 31.9 Å². The van der Waals surface area contributed by atoms with Gasteiger partial charge in [-0.25, -0.2) is 4.98 Å². The number of aromatic nitrogens is 2. The third-order valence-electron chi connectivity index (χ3n) is 4.09. The van der Waals surface area contributed by atoms with Gasteiger partial charge in [-0.1, -0.05) is 23.8 Å². The van der Waals surface area contributed by atoms with Gasteiger partial charge in [0.05, 0.1) is 24.7 Å². The number of carbonyl (C=O) groups excluding carboxylic acids is 1. The molecule has 130 valence electrons. The number of hydrogen-bond acceptors (Lipinski definition) is 5. The molecule has 0 saturated heterocycles. The number of ether oxygens (including phenoxy) is 1. The lowest BCUT2D eigenvalue weighted by molar-refractivity contribution is -0.143. The SMILES string of the molecule is CCOC(=O)CCn1cnc2scc(-c3ccc(C)cc3C)c2c1=O. The fourth-order valence-corrected chi connectivity index (χ4v) is 3.78. The Balaban J connectivity index is 2.03. The zero-order chi connectivity index (χ0) is 18.0. The molecule has 5 nitrogen and oxygen atoms in total. The van der Waals surface area contributed by atoms with Crippen LogP contribution in [-0.4, -0.2) is 22.1 Å². The molecule has 0 amide bonds. The van der Waals surface area contributed by atoms with Crippen molar-refractivity contribution in [1.82, 2.24) is 9.55 Å². The first kappa shape index (κ1) is 17.4. The quantitative estimate of drug-likeness (QED) is 0.654. The Kier molecular flexibility index (Phi) is 4.99. The summed E-state index contributed by atoms with van der Waals surface area (Å²) in [6, 6.07) is 6.19. The fourth-order valence-electron chi connectivity index (χ4n) is 2.89. The minimum Gasteiger partial charge on any atom is -0.466 e. The summed E-state index contributed by atoms with van der Waals surface area (Å²) < 4.78 is 6.41. The second kappa shape index (κ2) is 7.19. The van der Waals surface area contributed by atoms with E-state index in [1.807, 2.05) is 31.4 Å². The monoisotopic (exact) mass is 356 g/mol. The molecule has 0 radical (unpaired) electrons. The summed E-state index contributed by atoms with van der Waals surface area (Å²) in [6.07, 6.45) is 1.66. The summed E-state index contributed by atoms with van der Waals surface area (Å²) in [4.78, 5) is 29.6. The molecule has 0 atom stereocenters. The maximum Gasteiger partial charge on any atom is 0.307 e. The first-order valence-corrected chi connectivity index (χ1v) is 9.09. The molecule has 2 aromatic heterocycles. The van der Waals surface area contributed by atoms with Crippen LogP contribution >= 0.6 is 11.3 Å². The second-order valence-corrected chi connectivity index (χ2v) is 6.80. The van der Waals surface area contributed by atoms with Gasteiger partial charge in [0.25, 0.3) is 5.56 Å². The van der Waals surface area contributed by atoms with E-state index in [9.17, 15) is 9.59 Å². The maximum absolute atomic E-state index is 12.9. The van der Waals surface area contributed by atoms with Gasteiger partial charge in [-0.2, -0.15) is 0 Å². The molecule has 0 aliphatic carbocycles. The van der Waals surface area contributed by atoms with E-state index in [1.54, 1.807) is 6.92 Å². The molecule has 1 aromatic carbocycles. The number of nitrogens with zero attached hydrogens (tertiary/aromatic N) is 2. The van der Waals surface area contributed by atoms with Crippen molar-refractivity contribution in [2.24, 2.45) is 0 Å². The third kappa shape index (κ3) is 3.49. The van der Waals surface area contributed by atoms with E-state index < -0.39 is 0 Å². The van der Waals surface area contributed by atoms with E-state index in [4.69, 9.17) is 4.74 Å². The van der Waals surface area contributed by atoms with E-state index in [0.717, 1.165) is 16.7 Å². The van der Waals surface area contributed by atoms with E-state index in [1.165, 1.54) is 27.8 Å². The van der Waals surface area contributed by atoms with Gasteiger partial charge < -0.3 is 4.74 Å². The molecule has 0 aliphatic rings. The number of benzene rings is 1. The molecule has 0 N–H and O–H groups in total. The van der Waals surface area contributed by atoms with Crippen LogP contribution in [0.4, 0.5) is 0 Å². The van der Waals surface area contributed by atoms with Crippen LogP contribution in [0.2, 0.25) is 0 Å². The van der Waals surface area contributed by atoms with Crippen molar-refractivity contribution in [2.75, 3.05) is 6.61 Å². The molecule has 0 saturated carbocycles. The van der Waals surface area contributed by atoms with Crippen molar-refractivity contribution in [3.63, 3.8) is 0 Å². The normalized spacial score (nSPS) is 11.0. The summed E-state index contributed by atoms with van der Waals surface area (Å²) >= 11 is 1.46. The van der Waals surface area contributed by atoms with Crippen molar-refractivity contribution in [1.29, 1.82) is 0 Å². The molecule has 25 heavy (non-hydrogen) atoms. The number of hydrogen-bond donors (Lipinski definition) is 0. The minimum atomic E-state index is -0.311. The van der Waals surface area contributed by atoms with Crippen molar-refractivity contribution in [3.8, 4) is 11.1 Å². The van der Waals surface area contributed by atoms with Crippen LogP contribution in [0.15, 0.2) is 34.7 Å². The van der Waals surface area contributed by atoms with Crippen LogP contribution in [0.5, 0.6) is 0 Å². The Labute approximate surface area is 149 Å². The largest absolute Gasteiger partial charge is 0.466 e. The van der Waals surface area contributed by atoms with Gasteiger partial charge in [0.1, 0.15) is 4.83 Å². The number of aryl methyl sites for hydroxylation is 3. The smallest absolute Gasteiger partial charge is 0.307 e. The molecular formula is C19H20N2O3S. The van der Waals surface area contributed by atoms with Gasteiger partial charge in [-0.15, -0.1) is 11.3 Å². The highest BCUT2D eigenvalue weighted by Crippen LogP contribution is 2.32. The first-order chi connectivity index (χ1) is 12.0. The van der Waals surface area contributed by atoms with Crippen LogP contribution in [0.1, 0.15) is 24.5 Å². The summed E-state index contributed by atoms with van der Waals surface area (Å²) in [7, 11) is 0. The predicted molar refractivity (Wildman–Crippen MR) is 100 cm³/mol. The van der Waals surface area contributed by atoms with Gasteiger partial charge >= 0.3 is 5.97 Å². The molecule has 2 heterocycles. The average molecular weight is 356 g/mol. The number of carbonyl (C=O) groups is 1. The highest BCUT2D eigenvalue weighted by Gasteiger charge is 2.15. The molecular weight excluding hydrogens is 336 g/mol. The molecule has 0 bridgehead atoms. The summed E-state index contributed by atoms with van der Waals surface area (Å²) in [5.41, 5.74) is 4.14. The van der Waals surface area contributed by atoms with Crippen LogP contribution in [0.25, 0.3) is 21.3 Å². The summed E-state index contributed by atoms with van der Waals surface area (Å²) in [5, 5.41) is 2.59. The molecule has 6 heteroatoms. The molecule has 3 aromatic rings. The van der Waals surface area contributed by atoms with Crippen LogP contribution < -0.4 is 5.56 Å². The molecule has 3 rings (SSSR count). The standard InChI is InChI=1S/C19H20N2O3S/c1-4-24-16(22)7-8-21-11-20-18-17(19(21)23)15(10-25-18)14-6-5-12(2)9-13(14)3/h5-6,9-11H,4,7-8H2,1-3H3. The maximum atomic E-state index is 12.9. The topological polar surface area (TPSA) is 61.2 Å². The molecule has 0 aliphatic heterocycles. The number of thiophene rings is 1. The van der Waals surface area contributed by atoms with E-state index in [0.29, 0.717) is 16.8 Å². The Morgan fingerprint density at radius 1 is 1.28 bits per heavy atom.